The van der Waals surface area contributed by atoms with Crippen LogP contribution in [0.3, 0.4) is 0 Å². The summed E-state index contributed by atoms with van der Waals surface area (Å²) in [5.74, 6) is -0.274. The fourth-order valence-electron chi connectivity index (χ4n) is 1.92. The van der Waals surface area contributed by atoms with E-state index in [0.717, 1.165) is 31.7 Å². The highest BCUT2D eigenvalue weighted by molar-refractivity contribution is 7.57. The Morgan fingerprint density at radius 1 is 1.21 bits per heavy atom. The molecule has 0 aromatic heterocycles. The number of hydrazone groups is 1. The summed E-state index contributed by atoms with van der Waals surface area (Å²) in [6, 6.07) is 6.06. The lowest BCUT2D eigenvalue weighted by Gasteiger charge is -2.27. The molecule has 0 spiro atoms. The van der Waals surface area contributed by atoms with Gasteiger partial charge >= 0.3 is 7.59 Å². The van der Waals surface area contributed by atoms with Crippen molar-refractivity contribution >= 4 is 13.8 Å². The Bertz CT molecular complexity index is 523. The first-order valence-corrected chi connectivity index (χ1v) is 7.82. The molecule has 2 aliphatic heterocycles. The molecule has 0 N–H and O–H groups in total. The SMILES string of the molecule is CN(/N=C/c1ccc(F)cc1)P(=O)(N1CC1)N1CC1. The number of hydrogen-bond acceptors (Lipinski definition) is 2. The van der Waals surface area contributed by atoms with E-state index < -0.39 is 7.59 Å². The Labute approximate surface area is 111 Å². The summed E-state index contributed by atoms with van der Waals surface area (Å²) >= 11 is 0. The first-order chi connectivity index (χ1) is 9.10. The van der Waals surface area contributed by atoms with E-state index >= 15 is 0 Å². The smallest absolute Gasteiger partial charge is 0.262 e. The molecule has 5 nitrogen and oxygen atoms in total. The molecule has 0 amide bonds. The van der Waals surface area contributed by atoms with Crippen LogP contribution in [0.1, 0.15) is 5.56 Å². The number of hydrogen-bond donors (Lipinski definition) is 0. The van der Waals surface area contributed by atoms with Gasteiger partial charge in [0.05, 0.1) is 6.21 Å². The molecule has 19 heavy (non-hydrogen) atoms. The fraction of sp³-hybridized carbons (Fsp3) is 0.417. The van der Waals surface area contributed by atoms with E-state index in [9.17, 15) is 8.96 Å². The second-order valence-electron chi connectivity index (χ2n) is 4.71. The second-order valence-corrected chi connectivity index (χ2v) is 7.44. The summed E-state index contributed by atoms with van der Waals surface area (Å²) in [7, 11) is -0.917. The Hall–Kier alpha value is -1.23. The standard InChI is InChI=1S/C12H16FN4OP/c1-15(14-10-11-2-4-12(13)5-3-11)19(18,16-6-7-16)17-8-9-17/h2-5,10H,6-9H2,1H3/b14-10+. The number of rotatable bonds is 5. The molecular formula is C12H16FN4OP. The average Bonchev–Trinajstić information content (AvgIpc) is 3.29. The van der Waals surface area contributed by atoms with Crippen LogP contribution in [-0.4, -0.2) is 53.6 Å². The molecule has 0 bridgehead atoms. The van der Waals surface area contributed by atoms with Gasteiger partial charge in [0, 0.05) is 33.2 Å². The molecule has 2 saturated heterocycles. The molecule has 0 unspecified atom stereocenters. The van der Waals surface area contributed by atoms with Crippen molar-refractivity contribution in [2.75, 3.05) is 33.2 Å². The Morgan fingerprint density at radius 3 is 2.21 bits per heavy atom. The van der Waals surface area contributed by atoms with Gasteiger partial charge < -0.3 is 0 Å². The van der Waals surface area contributed by atoms with Gasteiger partial charge in [-0.3, -0.25) is 4.57 Å². The average molecular weight is 282 g/mol. The highest BCUT2D eigenvalue weighted by Gasteiger charge is 2.50. The highest BCUT2D eigenvalue weighted by atomic mass is 31.2. The number of halogens is 1. The topological polar surface area (TPSA) is 38.7 Å². The van der Waals surface area contributed by atoms with Gasteiger partial charge in [-0.2, -0.15) is 5.10 Å². The lowest BCUT2D eigenvalue weighted by Crippen LogP contribution is -2.19. The predicted molar refractivity (Wildman–Crippen MR) is 72.5 cm³/mol. The van der Waals surface area contributed by atoms with Crippen LogP contribution in [0, 0.1) is 5.82 Å². The molecular weight excluding hydrogens is 266 g/mol. The lowest BCUT2D eigenvalue weighted by molar-refractivity contribution is 0.422. The molecule has 2 aliphatic rings. The van der Waals surface area contributed by atoms with Crippen LogP contribution >= 0.6 is 7.59 Å². The summed E-state index contributed by atoms with van der Waals surface area (Å²) < 4.78 is 31.2. The minimum atomic E-state index is -2.65. The molecule has 7 heteroatoms. The maximum Gasteiger partial charge on any atom is 0.326 e. The molecule has 1 aromatic rings. The van der Waals surface area contributed by atoms with Gasteiger partial charge in [0.2, 0.25) is 0 Å². The van der Waals surface area contributed by atoms with Gasteiger partial charge in [0.1, 0.15) is 5.82 Å². The first-order valence-electron chi connectivity index (χ1n) is 6.25. The molecule has 3 rings (SSSR count). The van der Waals surface area contributed by atoms with Crippen LogP contribution in [0.2, 0.25) is 0 Å². The summed E-state index contributed by atoms with van der Waals surface area (Å²) in [6.07, 6.45) is 1.61. The monoisotopic (exact) mass is 282 g/mol. The van der Waals surface area contributed by atoms with Crippen molar-refractivity contribution in [2.24, 2.45) is 5.10 Å². The van der Waals surface area contributed by atoms with Gasteiger partial charge in [-0.05, 0) is 17.7 Å². The lowest BCUT2D eigenvalue weighted by atomic mass is 10.2. The maximum absolute atomic E-state index is 12.9. The normalized spacial score (nSPS) is 19.9. The largest absolute Gasteiger partial charge is 0.326 e. The van der Waals surface area contributed by atoms with E-state index in [1.807, 2.05) is 9.34 Å². The van der Waals surface area contributed by atoms with Crippen LogP contribution in [0.25, 0.3) is 0 Å². The van der Waals surface area contributed by atoms with Crippen LogP contribution in [0.15, 0.2) is 29.4 Å². The second kappa shape index (κ2) is 4.71. The number of nitrogens with zero attached hydrogens (tertiary/aromatic N) is 4. The molecule has 0 atom stereocenters. The Morgan fingerprint density at radius 2 is 1.74 bits per heavy atom. The summed E-state index contributed by atoms with van der Waals surface area (Å²) in [5.41, 5.74) is 0.788. The van der Waals surface area contributed by atoms with Crippen molar-refractivity contribution in [3.05, 3.63) is 35.6 Å². The van der Waals surface area contributed by atoms with E-state index in [1.165, 1.54) is 12.1 Å². The molecule has 0 radical (unpaired) electrons. The predicted octanol–water partition coefficient (Wildman–Crippen LogP) is 1.83. The van der Waals surface area contributed by atoms with Crippen molar-refractivity contribution in [1.29, 1.82) is 0 Å². The molecule has 2 fully saturated rings. The van der Waals surface area contributed by atoms with Crippen molar-refractivity contribution in [1.82, 2.24) is 14.1 Å². The van der Waals surface area contributed by atoms with Crippen LogP contribution in [0.4, 0.5) is 4.39 Å². The third-order valence-electron chi connectivity index (χ3n) is 3.21. The first kappa shape index (κ1) is 12.8. The molecule has 0 saturated carbocycles. The van der Waals surface area contributed by atoms with E-state index in [-0.39, 0.29) is 5.82 Å². The van der Waals surface area contributed by atoms with Crippen molar-refractivity contribution < 1.29 is 8.96 Å². The molecule has 1 aromatic carbocycles. The van der Waals surface area contributed by atoms with Gasteiger partial charge in [0.15, 0.2) is 0 Å². The van der Waals surface area contributed by atoms with Crippen LogP contribution < -0.4 is 0 Å². The quantitative estimate of drug-likeness (QED) is 0.357. The van der Waals surface area contributed by atoms with Crippen LogP contribution in [0.5, 0.6) is 0 Å². The van der Waals surface area contributed by atoms with Gasteiger partial charge in [-0.25, -0.2) is 18.5 Å². The molecule has 0 aliphatic carbocycles. The van der Waals surface area contributed by atoms with E-state index in [1.54, 1.807) is 30.2 Å². The highest BCUT2D eigenvalue weighted by Crippen LogP contribution is 2.62. The summed E-state index contributed by atoms with van der Waals surface area (Å²) in [6.45, 7) is 3.46. The molecule has 102 valence electrons. The zero-order valence-corrected chi connectivity index (χ0v) is 11.6. The zero-order valence-electron chi connectivity index (χ0n) is 10.7. The minimum absolute atomic E-state index is 0.274. The minimum Gasteiger partial charge on any atom is -0.262 e. The zero-order chi connectivity index (χ0) is 13.5. The van der Waals surface area contributed by atoms with E-state index in [0.29, 0.717) is 0 Å². The maximum atomic E-state index is 12.9. The number of benzene rings is 1. The van der Waals surface area contributed by atoms with E-state index in [2.05, 4.69) is 5.10 Å². The Balaban J connectivity index is 1.74. The van der Waals surface area contributed by atoms with Gasteiger partial charge in [0.25, 0.3) is 0 Å². The third-order valence-corrected chi connectivity index (χ3v) is 6.34. The third kappa shape index (κ3) is 2.56. The van der Waals surface area contributed by atoms with Crippen molar-refractivity contribution in [2.45, 2.75) is 0 Å². The van der Waals surface area contributed by atoms with Crippen molar-refractivity contribution in [3.63, 3.8) is 0 Å². The molecule has 2 heterocycles. The summed E-state index contributed by atoms with van der Waals surface area (Å²) in [5, 5.41) is 4.26. The van der Waals surface area contributed by atoms with Gasteiger partial charge in [-0.1, -0.05) is 12.1 Å². The van der Waals surface area contributed by atoms with Gasteiger partial charge in [-0.15, -0.1) is 0 Å². The van der Waals surface area contributed by atoms with E-state index in [4.69, 9.17) is 0 Å². The van der Waals surface area contributed by atoms with Crippen LogP contribution in [-0.2, 0) is 4.57 Å². The summed E-state index contributed by atoms with van der Waals surface area (Å²) in [4.78, 5) is 0. The van der Waals surface area contributed by atoms with Crippen molar-refractivity contribution in [3.8, 4) is 0 Å². The fourth-order valence-corrected chi connectivity index (χ4v) is 4.42. The Kier molecular flexibility index (Phi) is 3.17.